The van der Waals surface area contributed by atoms with Crippen molar-refractivity contribution in [3.63, 3.8) is 0 Å². The molecule has 174 valence electrons. The molecule has 0 saturated heterocycles. The van der Waals surface area contributed by atoms with Crippen LogP contribution in [-0.4, -0.2) is 42.3 Å². The Morgan fingerprint density at radius 2 is 2.00 bits per heavy atom. The molecule has 0 unspecified atom stereocenters. The van der Waals surface area contributed by atoms with Gasteiger partial charge in [0.25, 0.3) is 5.91 Å². The van der Waals surface area contributed by atoms with E-state index in [1.807, 2.05) is 0 Å². The molecule has 4 aromatic rings. The molecule has 1 aliphatic rings. The number of aromatic nitrogens is 6. The molecule has 13 heteroatoms. The van der Waals surface area contributed by atoms with Crippen LogP contribution in [0.4, 0.5) is 18.9 Å². The summed E-state index contributed by atoms with van der Waals surface area (Å²) >= 11 is 6.20. The second-order valence-corrected chi connectivity index (χ2v) is 7.80. The van der Waals surface area contributed by atoms with E-state index < -0.39 is 23.3 Å². The van der Waals surface area contributed by atoms with Crippen LogP contribution in [0.1, 0.15) is 21.6 Å². The fourth-order valence-corrected chi connectivity index (χ4v) is 4.05. The minimum Gasteiger partial charge on any atom is -0.492 e. The van der Waals surface area contributed by atoms with Gasteiger partial charge in [-0.3, -0.25) is 9.48 Å². The molecule has 1 amide bonds. The first-order valence-corrected chi connectivity index (χ1v) is 10.3. The quantitative estimate of drug-likeness (QED) is 0.466. The minimum absolute atomic E-state index is 0.0886. The number of alkyl halides is 3. The van der Waals surface area contributed by atoms with E-state index in [2.05, 4.69) is 25.6 Å². The van der Waals surface area contributed by atoms with Gasteiger partial charge in [0.1, 0.15) is 22.7 Å². The van der Waals surface area contributed by atoms with Crippen molar-refractivity contribution in [2.24, 2.45) is 7.05 Å². The number of para-hydroxylation sites is 1. The maximum atomic E-state index is 14.2. The number of benzene rings is 1. The molecule has 0 atom stereocenters. The number of hydrogen-bond donors (Lipinski definition) is 1. The lowest BCUT2D eigenvalue weighted by Gasteiger charge is -2.13. The van der Waals surface area contributed by atoms with Crippen molar-refractivity contribution in [3.8, 4) is 22.8 Å². The first kappa shape index (κ1) is 21.9. The Morgan fingerprint density at radius 3 is 2.71 bits per heavy atom. The first-order valence-electron chi connectivity index (χ1n) is 9.97. The van der Waals surface area contributed by atoms with E-state index in [0.29, 0.717) is 18.8 Å². The molecule has 4 heterocycles. The van der Waals surface area contributed by atoms with Gasteiger partial charge in [-0.25, -0.2) is 4.98 Å². The predicted molar refractivity (Wildman–Crippen MR) is 115 cm³/mol. The number of carbonyl (C=O) groups excluding carboxylic acids is 1. The van der Waals surface area contributed by atoms with Crippen molar-refractivity contribution in [2.45, 2.75) is 12.6 Å². The van der Waals surface area contributed by atoms with Gasteiger partial charge in [-0.2, -0.15) is 28.5 Å². The summed E-state index contributed by atoms with van der Waals surface area (Å²) in [5.41, 5.74) is -1.15. The highest BCUT2D eigenvalue weighted by Crippen LogP contribution is 2.44. The van der Waals surface area contributed by atoms with E-state index in [1.54, 1.807) is 12.1 Å². The zero-order chi connectivity index (χ0) is 24.0. The van der Waals surface area contributed by atoms with Crippen molar-refractivity contribution in [1.82, 2.24) is 29.8 Å². The average molecular weight is 490 g/mol. The molecule has 34 heavy (non-hydrogen) atoms. The third-order valence-electron chi connectivity index (χ3n) is 5.20. The Bertz CT molecular complexity index is 1400. The second kappa shape index (κ2) is 8.13. The standard InChI is InChI=1S/C21H15ClF3N7O2/c1-31-17(20(33)29-12-9-14(22)19(26-10-12)32-27-6-7-28-32)15(21(23,24)25)16(30-31)13-4-2-3-11-5-8-34-18(11)13/h2-4,6-7,9-10H,5,8H2,1H3,(H,29,33). The Kier molecular flexibility index (Phi) is 5.24. The van der Waals surface area contributed by atoms with Crippen LogP contribution >= 0.6 is 11.6 Å². The van der Waals surface area contributed by atoms with Gasteiger partial charge >= 0.3 is 6.18 Å². The van der Waals surface area contributed by atoms with E-state index in [4.69, 9.17) is 16.3 Å². The molecule has 5 rings (SSSR count). The van der Waals surface area contributed by atoms with E-state index >= 15 is 0 Å². The Morgan fingerprint density at radius 1 is 1.24 bits per heavy atom. The molecule has 0 aliphatic carbocycles. The predicted octanol–water partition coefficient (Wildman–Crippen LogP) is 3.92. The maximum Gasteiger partial charge on any atom is 0.420 e. The number of carbonyl (C=O) groups is 1. The summed E-state index contributed by atoms with van der Waals surface area (Å²) in [6.07, 6.45) is -0.171. The molecular weight excluding hydrogens is 475 g/mol. The average Bonchev–Trinajstić information content (AvgIpc) is 3.52. The number of pyridine rings is 1. The van der Waals surface area contributed by atoms with E-state index in [0.717, 1.165) is 10.2 Å². The lowest BCUT2D eigenvalue weighted by molar-refractivity contribution is -0.137. The molecule has 1 aromatic carbocycles. The zero-order valence-corrected chi connectivity index (χ0v) is 18.2. The minimum atomic E-state index is -4.86. The molecular formula is C21H15ClF3N7O2. The largest absolute Gasteiger partial charge is 0.492 e. The third-order valence-corrected chi connectivity index (χ3v) is 5.48. The zero-order valence-electron chi connectivity index (χ0n) is 17.5. The highest BCUT2D eigenvalue weighted by molar-refractivity contribution is 6.32. The van der Waals surface area contributed by atoms with E-state index in [-0.39, 0.29) is 27.8 Å². The Labute approximate surface area is 195 Å². The summed E-state index contributed by atoms with van der Waals surface area (Å²) in [6, 6.07) is 6.26. The number of halogens is 4. The number of aryl methyl sites for hydroxylation is 1. The van der Waals surface area contributed by atoms with Crippen molar-refractivity contribution < 1.29 is 22.7 Å². The molecule has 1 N–H and O–H groups in total. The smallest absolute Gasteiger partial charge is 0.420 e. The number of nitrogens with one attached hydrogen (secondary N) is 1. The van der Waals surface area contributed by atoms with Crippen LogP contribution < -0.4 is 10.1 Å². The number of rotatable bonds is 4. The number of hydrogen-bond acceptors (Lipinski definition) is 6. The summed E-state index contributed by atoms with van der Waals surface area (Å²) in [4.78, 5) is 18.3. The molecule has 0 bridgehead atoms. The van der Waals surface area contributed by atoms with Gasteiger partial charge in [0.15, 0.2) is 5.82 Å². The van der Waals surface area contributed by atoms with Crippen LogP contribution in [0.25, 0.3) is 17.1 Å². The van der Waals surface area contributed by atoms with Gasteiger partial charge in [-0.1, -0.05) is 23.7 Å². The Balaban J connectivity index is 1.54. The molecule has 0 fully saturated rings. The summed E-state index contributed by atoms with van der Waals surface area (Å²) < 4.78 is 49.1. The van der Waals surface area contributed by atoms with Gasteiger partial charge in [0.05, 0.1) is 35.9 Å². The fourth-order valence-electron chi connectivity index (χ4n) is 3.80. The van der Waals surface area contributed by atoms with Crippen molar-refractivity contribution in [3.05, 3.63) is 64.7 Å². The number of anilines is 1. The van der Waals surface area contributed by atoms with Gasteiger partial charge in [-0.15, -0.1) is 4.80 Å². The second-order valence-electron chi connectivity index (χ2n) is 7.39. The maximum absolute atomic E-state index is 14.2. The highest BCUT2D eigenvalue weighted by Gasteiger charge is 2.43. The van der Waals surface area contributed by atoms with Crippen LogP contribution in [0.5, 0.6) is 5.75 Å². The van der Waals surface area contributed by atoms with Gasteiger partial charge in [-0.05, 0) is 17.7 Å². The monoisotopic (exact) mass is 489 g/mol. The third kappa shape index (κ3) is 3.75. The molecule has 0 saturated carbocycles. The van der Waals surface area contributed by atoms with Crippen LogP contribution in [0.3, 0.4) is 0 Å². The molecule has 0 spiro atoms. The van der Waals surface area contributed by atoms with Crippen LogP contribution in [-0.2, 0) is 19.6 Å². The molecule has 3 aromatic heterocycles. The SMILES string of the molecule is Cn1nc(-c2cccc3c2OCC3)c(C(F)(F)F)c1C(=O)Nc1cnc(-n2nccn2)c(Cl)c1. The molecule has 0 radical (unpaired) electrons. The summed E-state index contributed by atoms with van der Waals surface area (Å²) in [6.45, 7) is 0.367. The van der Waals surface area contributed by atoms with Crippen molar-refractivity contribution in [2.75, 3.05) is 11.9 Å². The van der Waals surface area contributed by atoms with Crippen LogP contribution in [0.15, 0.2) is 42.9 Å². The lowest BCUT2D eigenvalue weighted by atomic mass is 10.0. The van der Waals surface area contributed by atoms with Gasteiger partial charge < -0.3 is 10.1 Å². The Hall–Kier alpha value is -3.93. The van der Waals surface area contributed by atoms with Gasteiger partial charge in [0.2, 0.25) is 0 Å². The number of ether oxygens (including phenoxy) is 1. The normalized spacial score (nSPS) is 13.0. The van der Waals surface area contributed by atoms with Crippen molar-refractivity contribution in [1.29, 1.82) is 0 Å². The van der Waals surface area contributed by atoms with E-state index in [9.17, 15) is 18.0 Å². The first-order chi connectivity index (χ1) is 16.2. The number of amides is 1. The molecule has 1 aliphatic heterocycles. The topological polar surface area (TPSA) is 99.8 Å². The summed E-state index contributed by atoms with van der Waals surface area (Å²) in [5, 5.41) is 14.4. The van der Waals surface area contributed by atoms with Gasteiger partial charge in [0, 0.05) is 19.0 Å². The summed E-state index contributed by atoms with van der Waals surface area (Å²) in [5.74, 6) is -0.483. The molecule has 9 nitrogen and oxygen atoms in total. The fraction of sp³-hybridized carbons (Fsp3) is 0.190. The van der Waals surface area contributed by atoms with Crippen LogP contribution in [0, 0.1) is 0 Å². The lowest BCUT2D eigenvalue weighted by Crippen LogP contribution is -2.21. The van der Waals surface area contributed by atoms with Crippen LogP contribution in [0.2, 0.25) is 5.02 Å². The number of nitrogens with zero attached hydrogens (tertiary/aromatic N) is 6. The summed E-state index contributed by atoms with van der Waals surface area (Å²) in [7, 11) is 1.27. The highest BCUT2D eigenvalue weighted by atomic mass is 35.5. The number of fused-ring (bicyclic) bond motifs is 1. The van der Waals surface area contributed by atoms with E-state index in [1.165, 1.54) is 42.6 Å². The van der Waals surface area contributed by atoms with Crippen molar-refractivity contribution >= 4 is 23.2 Å².